The number of carbonyl (C=O) groups is 2. The zero-order valence-corrected chi connectivity index (χ0v) is 16.4. The van der Waals surface area contributed by atoms with Crippen LogP contribution in [0.3, 0.4) is 0 Å². The van der Waals surface area contributed by atoms with Gasteiger partial charge in [-0.1, -0.05) is 20.8 Å². The molecule has 144 valence electrons. The Morgan fingerprint density at radius 3 is 2.31 bits per heavy atom. The molecule has 0 atom stereocenters. The third-order valence-electron chi connectivity index (χ3n) is 4.28. The van der Waals surface area contributed by atoms with E-state index in [1.807, 2.05) is 52.0 Å². The summed E-state index contributed by atoms with van der Waals surface area (Å²) in [5.74, 6) is -0.161. The predicted molar refractivity (Wildman–Crippen MR) is 104 cm³/mol. The molecule has 2 amide bonds. The molecule has 0 radical (unpaired) electrons. The number of anilines is 2. The molecule has 2 rings (SSSR count). The van der Waals surface area contributed by atoms with Gasteiger partial charge in [-0.25, -0.2) is 0 Å². The fourth-order valence-corrected chi connectivity index (χ4v) is 2.89. The first kappa shape index (κ1) is 20.2. The van der Waals surface area contributed by atoms with Crippen molar-refractivity contribution >= 4 is 23.2 Å². The van der Waals surface area contributed by atoms with Crippen molar-refractivity contribution in [3.05, 3.63) is 24.3 Å². The molecule has 6 nitrogen and oxygen atoms in total. The standard InChI is InChI=1S/C20H31N3O3/c1-5-22(19(25)14-20(2,3)4)15-18(24)21-16-6-8-17(9-7-16)23-10-12-26-13-11-23/h6-9H,5,10-15H2,1-4H3,(H,21,24). The van der Waals surface area contributed by atoms with E-state index in [1.54, 1.807) is 4.90 Å². The minimum atomic E-state index is -0.173. The van der Waals surface area contributed by atoms with Gasteiger partial charge in [-0.05, 0) is 36.6 Å². The molecule has 1 saturated heterocycles. The van der Waals surface area contributed by atoms with E-state index in [0.29, 0.717) is 13.0 Å². The van der Waals surface area contributed by atoms with E-state index < -0.39 is 0 Å². The topological polar surface area (TPSA) is 61.9 Å². The maximum absolute atomic E-state index is 12.3. The molecule has 26 heavy (non-hydrogen) atoms. The van der Waals surface area contributed by atoms with Crippen LogP contribution < -0.4 is 10.2 Å². The zero-order valence-electron chi connectivity index (χ0n) is 16.4. The van der Waals surface area contributed by atoms with Gasteiger partial charge in [0.1, 0.15) is 0 Å². The maximum atomic E-state index is 12.3. The summed E-state index contributed by atoms with van der Waals surface area (Å²) in [6, 6.07) is 7.80. The maximum Gasteiger partial charge on any atom is 0.243 e. The summed E-state index contributed by atoms with van der Waals surface area (Å²) in [5, 5.41) is 2.88. The van der Waals surface area contributed by atoms with Crippen molar-refractivity contribution in [2.45, 2.75) is 34.1 Å². The number of carbonyl (C=O) groups excluding carboxylic acids is 2. The van der Waals surface area contributed by atoms with Crippen molar-refractivity contribution in [2.75, 3.05) is 49.6 Å². The minimum absolute atomic E-state index is 0.0119. The molecule has 0 spiro atoms. The molecule has 0 aromatic heterocycles. The van der Waals surface area contributed by atoms with Gasteiger partial charge in [0.25, 0.3) is 0 Å². The van der Waals surface area contributed by atoms with E-state index in [2.05, 4.69) is 10.2 Å². The number of hydrogen-bond donors (Lipinski definition) is 1. The molecular formula is C20H31N3O3. The van der Waals surface area contributed by atoms with Crippen LogP contribution in [-0.4, -0.2) is 56.1 Å². The Morgan fingerprint density at radius 2 is 1.77 bits per heavy atom. The Labute approximate surface area is 156 Å². The molecule has 1 aromatic rings. The highest BCUT2D eigenvalue weighted by Gasteiger charge is 2.22. The third-order valence-corrected chi connectivity index (χ3v) is 4.28. The summed E-state index contributed by atoms with van der Waals surface area (Å²) in [6.07, 6.45) is 0.433. The van der Waals surface area contributed by atoms with Gasteiger partial charge in [0.05, 0.1) is 19.8 Å². The van der Waals surface area contributed by atoms with Crippen molar-refractivity contribution in [1.82, 2.24) is 4.90 Å². The summed E-state index contributed by atoms with van der Waals surface area (Å²) in [7, 11) is 0. The van der Waals surface area contributed by atoms with Crippen LogP contribution in [0.4, 0.5) is 11.4 Å². The lowest BCUT2D eigenvalue weighted by Gasteiger charge is -2.29. The van der Waals surface area contributed by atoms with Crippen LogP contribution in [0.15, 0.2) is 24.3 Å². The second-order valence-electron chi connectivity index (χ2n) is 7.84. The van der Waals surface area contributed by atoms with Crippen LogP contribution in [0.1, 0.15) is 34.1 Å². The first-order chi connectivity index (χ1) is 12.3. The van der Waals surface area contributed by atoms with Crippen LogP contribution in [0, 0.1) is 5.41 Å². The number of morpholine rings is 1. The van der Waals surface area contributed by atoms with Gasteiger partial charge < -0.3 is 19.9 Å². The van der Waals surface area contributed by atoms with Gasteiger partial charge in [0.15, 0.2) is 0 Å². The molecule has 0 unspecified atom stereocenters. The minimum Gasteiger partial charge on any atom is -0.378 e. The number of ether oxygens (including phenoxy) is 1. The molecule has 1 heterocycles. The van der Waals surface area contributed by atoms with Gasteiger partial charge in [-0.2, -0.15) is 0 Å². The van der Waals surface area contributed by atoms with E-state index in [9.17, 15) is 9.59 Å². The molecule has 1 aromatic carbocycles. The highest BCUT2D eigenvalue weighted by molar-refractivity contribution is 5.94. The van der Waals surface area contributed by atoms with Crippen molar-refractivity contribution in [3.8, 4) is 0 Å². The number of benzene rings is 1. The van der Waals surface area contributed by atoms with E-state index in [-0.39, 0.29) is 23.8 Å². The van der Waals surface area contributed by atoms with Crippen molar-refractivity contribution in [1.29, 1.82) is 0 Å². The highest BCUT2D eigenvalue weighted by Crippen LogP contribution is 2.21. The van der Waals surface area contributed by atoms with Crippen LogP contribution >= 0.6 is 0 Å². The summed E-state index contributed by atoms with van der Waals surface area (Å²) >= 11 is 0. The van der Waals surface area contributed by atoms with Gasteiger partial charge >= 0.3 is 0 Å². The number of rotatable bonds is 6. The second kappa shape index (κ2) is 9.03. The molecular weight excluding hydrogens is 330 g/mol. The van der Waals surface area contributed by atoms with Gasteiger partial charge in [-0.15, -0.1) is 0 Å². The lowest BCUT2D eigenvalue weighted by Crippen LogP contribution is -2.39. The Balaban J connectivity index is 1.88. The lowest BCUT2D eigenvalue weighted by atomic mass is 9.91. The summed E-state index contributed by atoms with van der Waals surface area (Å²) in [4.78, 5) is 28.5. The lowest BCUT2D eigenvalue weighted by molar-refractivity contribution is -0.136. The quantitative estimate of drug-likeness (QED) is 0.846. The van der Waals surface area contributed by atoms with Crippen molar-refractivity contribution in [2.24, 2.45) is 5.41 Å². The van der Waals surface area contributed by atoms with Gasteiger partial charge in [0.2, 0.25) is 11.8 Å². The van der Waals surface area contributed by atoms with Gasteiger partial charge in [-0.3, -0.25) is 9.59 Å². The van der Waals surface area contributed by atoms with Crippen LogP contribution in [0.5, 0.6) is 0 Å². The van der Waals surface area contributed by atoms with E-state index >= 15 is 0 Å². The van der Waals surface area contributed by atoms with Crippen LogP contribution in [-0.2, 0) is 14.3 Å². The van der Waals surface area contributed by atoms with Crippen molar-refractivity contribution < 1.29 is 14.3 Å². The summed E-state index contributed by atoms with van der Waals surface area (Å²) < 4.78 is 5.36. The highest BCUT2D eigenvalue weighted by atomic mass is 16.5. The number of nitrogens with one attached hydrogen (secondary N) is 1. The number of likely N-dealkylation sites (N-methyl/N-ethyl adjacent to an activating group) is 1. The average Bonchev–Trinajstić information content (AvgIpc) is 2.59. The van der Waals surface area contributed by atoms with Gasteiger partial charge in [0, 0.05) is 37.4 Å². The zero-order chi connectivity index (χ0) is 19.2. The Hall–Kier alpha value is -2.08. The molecule has 0 saturated carbocycles. The molecule has 1 aliphatic heterocycles. The first-order valence-electron chi connectivity index (χ1n) is 9.29. The number of nitrogens with zero attached hydrogens (tertiary/aromatic N) is 2. The van der Waals surface area contributed by atoms with E-state index in [1.165, 1.54) is 0 Å². The monoisotopic (exact) mass is 361 g/mol. The third kappa shape index (κ3) is 6.33. The fourth-order valence-electron chi connectivity index (χ4n) is 2.89. The summed E-state index contributed by atoms with van der Waals surface area (Å²) in [5.41, 5.74) is 1.78. The fraction of sp³-hybridized carbons (Fsp3) is 0.600. The predicted octanol–water partition coefficient (Wildman–Crippen LogP) is 2.75. The average molecular weight is 361 g/mol. The molecule has 1 aliphatic rings. The van der Waals surface area contributed by atoms with Crippen molar-refractivity contribution in [3.63, 3.8) is 0 Å². The Kier molecular flexibility index (Phi) is 7.03. The Bertz CT molecular complexity index is 602. The van der Waals surface area contributed by atoms with E-state index in [4.69, 9.17) is 4.74 Å². The van der Waals surface area contributed by atoms with Crippen LogP contribution in [0.2, 0.25) is 0 Å². The first-order valence-corrected chi connectivity index (χ1v) is 9.29. The SMILES string of the molecule is CCN(CC(=O)Nc1ccc(N2CCOCC2)cc1)C(=O)CC(C)(C)C. The number of amides is 2. The van der Waals surface area contributed by atoms with Crippen LogP contribution in [0.25, 0.3) is 0 Å². The molecule has 1 fully saturated rings. The van der Waals surface area contributed by atoms with E-state index in [0.717, 1.165) is 37.7 Å². The second-order valence-corrected chi connectivity index (χ2v) is 7.84. The molecule has 1 N–H and O–H groups in total. The molecule has 0 aliphatic carbocycles. The molecule has 0 bridgehead atoms. The smallest absolute Gasteiger partial charge is 0.243 e. The summed E-state index contributed by atoms with van der Waals surface area (Å²) in [6.45, 7) is 11.8. The largest absolute Gasteiger partial charge is 0.378 e. The Morgan fingerprint density at radius 1 is 1.15 bits per heavy atom. The normalized spacial score (nSPS) is 14.8. The molecule has 6 heteroatoms. The number of hydrogen-bond acceptors (Lipinski definition) is 4.